The molecule has 1 aromatic heterocycles. The van der Waals surface area contributed by atoms with Crippen LogP contribution in [-0.2, 0) is 16.0 Å². The van der Waals surface area contributed by atoms with Crippen molar-refractivity contribution in [3.8, 4) is 0 Å². The van der Waals surface area contributed by atoms with Gasteiger partial charge < -0.3 is 9.47 Å². The summed E-state index contributed by atoms with van der Waals surface area (Å²) in [5.41, 5.74) is 1.33. The predicted molar refractivity (Wildman–Crippen MR) is 76.6 cm³/mol. The second-order valence-electron chi connectivity index (χ2n) is 6.45. The van der Waals surface area contributed by atoms with Crippen LogP contribution in [0.3, 0.4) is 0 Å². The van der Waals surface area contributed by atoms with Crippen molar-refractivity contribution in [1.29, 1.82) is 0 Å². The number of likely N-dealkylation sites (tertiary alicyclic amines) is 1. The van der Waals surface area contributed by atoms with E-state index < -0.39 is 0 Å². The van der Waals surface area contributed by atoms with Gasteiger partial charge in [0, 0.05) is 57.6 Å². The Balaban J connectivity index is 1.52. The first-order valence-corrected chi connectivity index (χ1v) is 7.52. The van der Waals surface area contributed by atoms with Crippen molar-refractivity contribution in [3.05, 3.63) is 18.0 Å². The Labute approximate surface area is 120 Å². The number of ether oxygens (including phenoxy) is 2. The summed E-state index contributed by atoms with van der Waals surface area (Å²) in [5, 5.41) is 4.40. The third-order valence-electron chi connectivity index (χ3n) is 4.39. The molecule has 0 aliphatic carbocycles. The summed E-state index contributed by atoms with van der Waals surface area (Å²) >= 11 is 0. The molecule has 0 aromatic carbocycles. The topological polar surface area (TPSA) is 39.5 Å². The summed E-state index contributed by atoms with van der Waals surface area (Å²) in [6.07, 6.45) is 6.56. The van der Waals surface area contributed by atoms with E-state index in [1.807, 2.05) is 10.9 Å². The lowest BCUT2D eigenvalue weighted by atomic mass is 9.84. The Morgan fingerprint density at radius 2 is 2.30 bits per heavy atom. The van der Waals surface area contributed by atoms with Crippen molar-refractivity contribution in [2.24, 2.45) is 0 Å². The van der Waals surface area contributed by atoms with Crippen molar-refractivity contribution in [1.82, 2.24) is 14.7 Å². The molecule has 0 unspecified atom stereocenters. The van der Waals surface area contributed by atoms with Gasteiger partial charge in [0.05, 0.1) is 17.9 Å². The highest BCUT2D eigenvalue weighted by Crippen LogP contribution is 2.35. The SMILES string of the molecule is CO[C@@H]1CCOC2(C1)CN(Cc1cnn(C(C)C)c1)C2. The monoisotopic (exact) mass is 279 g/mol. The van der Waals surface area contributed by atoms with Crippen LogP contribution in [0.4, 0.5) is 0 Å². The molecule has 1 atom stereocenters. The van der Waals surface area contributed by atoms with Crippen molar-refractivity contribution in [2.45, 2.75) is 51.0 Å². The summed E-state index contributed by atoms with van der Waals surface area (Å²) in [5.74, 6) is 0. The number of rotatable bonds is 4. The van der Waals surface area contributed by atoms with Crippen LogP contribution < -0.4 is 0 Å². The Morgan fingerprint density at radius 1 is 1.50 bits per heavy atom. The minimum Gasteiger partial charge on any atom is -0.381 e. The summed E-state index contributed by atoms with van der Waals surface area (Å²) in [4.78, 5) is 2.43. The van der Waals surface area contributed by atoms with Gasteiger partial charge in [-0.2, -0.15) is 5.10 Å². The zero-order valence-corrected chi connectivity index (χ0v) is 12.7. The van der Waals surface area contributed by atoms with Crippen LogP contribution >= 0.6 is 0 Å². The van der Waals surface area contributed by atoms with Gasteiger partial charge in [0.15, 0.2) is 0 Å². The molecule has 5 heteroatoms. The first kappa shape index (κ1) is 14.0. The van der Waals surface area contributed by atoms with E-state index >= 15 is 0 Å². The molecule has 5 nitrogen and oxygen atoms in total. The number of methoxy groups -OCH3 is 1. The third kappa shape index (κ3) is 2.75. The molecule has 0 saturated carbocycles. The minimum absolute atomic E-state index is 0.0486. The van der Waals surface area contributed by atoms with Crippen LogP contribution in [0.2, 0.25) is 0 Å². The standard InChI is InChI=1S/C15H25N3O2/c1-12(2)18-9-13(7-16-18)8-17-10-15(11-17)6-14(19-3)4-5-20-15/h7,9,12,14H,4-6,8,10-11H2,1-3H3/t14-/m1/s1. The normalized spacial score (nSPS) is 26.1. The fourth-order valence-corrected chi connectivity index (χ4v) is 3.28. The van der Waals surface area contributed by atoms with E-state index in [-0.39, 0.29) is 5.60 Å². The van der Waals surface area contributed by atoms with Gasteiger partial charge >= 0.3 is 0 Å². The van der Waals surface area contributed by atoms with E-state index in [9.17, 15) is 0 Å². The zero-order valence-electron chi connectivity index (χ0n) is 12.7. The molecule has 2 aliphatic heterocycles. The molecule has 0 radical (unpaired) electrons. The number of hydrogen-bond donors (Lipinski definition) is 0. The molecule has 2 aliphatic rings. The highest BCUT2D eigenvalue weighted by atomic mass is 16.5. The van der Waals surface area contributed by atoms with Gasteiger partial charge in [-0.25, -0.2) is 0 Å². The number of nitrogens with zero attached hydrogens (tertiary/aromatic N) is 3. The summed E-state index contributed by atoms with van der Waals surface area (Å²) in [6, 6.07) is 0.427. The molecule has 1 aromatic rings. The molecule has 0 amide bonds. The van der Waals surface area contributed by atoms with Gasteiger partial charge in [0.1, 0.15) is 0 Å². The van der Waals surface area contributed by atoms with Crippen LogP contribution in [0.15, 0.2) is 12.4 Å². The minimum atomic E-state index is 0.0486. The smallest absolute Gasteiger partial charge is 0.0959 e. The molecular weight excluding hydrogens is 254 g/mol. The van der Waals surface area contributed by atoms with Crippen molar-refractivity contribution in [2.75, 3.05) is 26.8 Å². The maximum absolute atomic E-state index is 6.00. The van der Waals surface area contributed by atoms with Crippen LogP contribution in [0.1, 0.15) is 38.3 Å². The van der Waals surface area contributed by atoms with Crippen molar-refractivity contribution in [3.63, 3.8) is 0 Å². The molecular formula is C15H25N3O2. The van der Waals surface area contributed by atoms with E-state index in [4.69, 9.17) is 9.47 Å². The second-order valence-corrected chi connectivity index (χ2v) is 6.45. The number of hydrogen-bond acceptors (Lipinski definition) is 4. The summed E-state index contributed by atoms with van der Waals surface area (Å²) in [7, 11) is 1.81. The maximum atomic E-state index is 6.00. The Kier molecular flexibility index (Phi) is 3.84. The van der Waals surface area contributed by atoms with E-state index in [2.05, 4.69) is 30.0 Å². The van der Waals surface area contributed by atoms with Crippen LogP contribution in [0, 0.1) is 0 Å². The van der Waals surface area contributed by atoms with Crippen molar-refractivity contribution >= 4 is 0 Å². The zero-order chi connectivity index (χ0) is 14.2. The Hall–Kier alpha value is -0.910. The molecule has 0 bridgehead atoms. The van der Waals surface area contributed by atoms with Crippen LogP contribution in [0.25, 0.3) is 0 Å². The largest absolute Gasteiger partial charge is 0.381 e. The molecule has 3 rings (SSSR count). The lowest BCUT2D eigenvalue weighted by Crippen LogP contribution is -2.65. The van der Waals surface area contributed by atoms with Crippen LogP contribution in [0.5, 0.6) is 0 Å². The Bertz CT molecular complexity index is 452. The lowest BCUT2D eigenvalue weighted by Gasteiger charge is -2.53. The van der Waals surface area contributed by atoms with E-state index in [0.29, 0.717) is 12.1 Å². The van der Waals surface area contributed by atoms with Gasteiger partial charge in [-0.15, -0.1) is 0 Å². The summed E-state index contributed by atoms with van der Waals surface area (Å²) in [6.45, 7) is 8.12. The highest BCUT2D eigenvalue weighted by Gasteiger charge is 2.47. The van der Waals surface area contributed by atoms with E-state index in [0.717, 1.165) is 39.1 Å². The quantitative estimate of drug-likeness (QED) is 0.843. The fourth-order valence-electron chi connectivity index (χ4n) is 3.28. The van der Waals surface area contributed by atoms with Gasteiger partial charge in [-0.05, 0) is 20.3 Å². The van der Waals surface area contributed by atoms with E-state index in [1.165, 1.54) is 5.56 Å². The molecule has 1 spiro atoms. The molecule has 3 heterocycles. The molecule has 0 N–H and O–H groups in total. The molecule has 2 fully saturated rings. The van der Waals surface area contributed by atoms with Gasteiger partial charge in [0.25, 0.3) is 0 Å². The van der Waals surface area contributed by atoms with Crippen LogP contribution in [-0.4, -0.2) is 53.2 Å². The van der Waals surface area contributed by atoms with Gasteiger partial charge in [0.2, 0.25) is 0 Å². The molecule has 112 valence electrons. The average Bonchev–Trinajstić information content (AvgIpc) is 2.86. The third-order valence-corrected chi connectivity index (χ3v) is 4.39. The average molecular weight is 279 g/mol. The fraction of sp³-hybridized carbons (Fsp3) is 0.800. The first-order chi connectivity index (χ1) is 9.60. The lowest BCUT2D eigenvalue weighted by molar-refractivity contribution is -0.195. The maximum Gasteiger partial charge on any atom is 0.0959 e. The Morgan fingerprint density at radius 3 is 2.95 bits per heavy atom. The summed E-state index contributed by atoms with van der Waals surface area (Å²) < 4.78 is 13.5. The number of aromatic nitrogens is 2. The molecule has 2 saturated heterocycles. The van der Waals surface area contributed by atoms with Crippen molar-refractivity contribution < 1.29 is 9.47 Å². The second kappa shape index (κ2) is 5.47. The van der Waals surface area contributed by atoms with E-state index in [1.54, 1.807) is 7.11 Å². The highest BCUT2D eigenvalue weighted by molar-refractivity contribution is 5.08. The predicted octanol–water partition coefficient (Wildman–Crippen LogP) is 1.84. The van der Waals surface area contributed by atoms with Gasteiger partial charge in [-0.1, -0.05) is 0 Å². The molecule has 20 heavy (non-hydrogen) atoms. The first-order valence-electron chi connectivity index (χ1n) is 7.52. The van der Waals surface area contributed by atoms with Gasteiger partial charge in [-0.3, -0.25) is 9.58 Å².